The number of terminal acetylenes is 1. The van der Waals surface area contributed by atoms with Crippen LogP contribution in [0.2, 0.25) is 0 Å². The number of nitrogens with zero attached hydrogens (tertiary/aromatic N) is 4. The van der Waals surface area contributed by atoms with Crippen molar-refractivity contribution in [2.75, 3.05) is 5.73 Å². The number of nitrogens with two attached hydrogens (primary N) is 1. The van der Waals surface area contributed by atoms with Crippen LogP contribution in [0.25, 0.3) is 33.1 Å². The fourth-order valence-corrected chi connectivity index (χ4v) is 6.88. The molecule has 2 aliphatic rings. The average molecular weight is 481 g/mol. The maximum atomic E-state index is 6.48. The lowest BCUT2D eigenvalue weighted by atomic mass is 9.90. The Balaban J connectivity index is 1.54. The summed E-state index contributed by atoms with van der Waals surface area (Å²) in [6, 6.07) is 10.2. The van der Waals surface area contributed by atoms with Gasteiger partial charge in [-0.05, 0) is 57.1 Å². The molecule has 0 amide bonds. The normalized spacial score (nSPS) is 23.1. The van der Waals surface area contributed by atoms with Gasteiger partial charge in [0.2, 0.25) is 0 Å². The highest BCUT2D eigenvalue weighted by Gasteiger charge is 2.56. The topological polar surface area (TPSA) is 81.7 Å². The van der Waals surface area contributed by atoms with Crippen molar-refractivity contribution in [3.05, 3.63) is 48.5 Å². The van der Waals surface area contributed by atoms with Crippen LogP contribution in [0, 0.1) is 12.3 Å². The van der Waals surface area contributed by atoms with Crippen LogP contribution in [-0.2, 0) is 5.54 Å². The Kier molecular flexibility index (Phi) is 5.05. The number of pyridine rings is 1. The van der Waals surface area contributed by atoms with E-state index in [1.54, 1.807) is 6.33 Å². The number of nitrogen functional groups attached to an aromatic ring is 1. The first kappa shape index (κ1) is 22.0. The lowest BCUT2D eigenvalue weighted by Gasteiger charge is -2.31. The number of benzene rings is 1. The molecule has 3 heterocycles. The third-order valence-corrected chi connectivity index (χ3v) is 8.26. The van der Waals surface area contributed by atoms with E-state index in [4.69, 9.17) is 34.3 Å². The zero-order valence-corrected chi connectivity index (χ0v) is 20.7. The zero-order chi connectivity index (χ0) is 24.2. The molecule has 4 aromatic rings. The fraction of sp³-hybridized carbons (Fsp3) is 0.357. The van der Waals surface area contributed by atoms with E-state index >= 15 is 0 Å². The van der Waals surface area contributed by atoms with Crippen LogP contribution >= 0.6 is 12.2 Å². The van der Waals surface area contributed by atoms with E-state index < -0.39 is 0 Å². The Morgan fingerprint density at radius 2 is 2.00 bits per heavy atom. The Hall–Kier alpha value is -3.50. The number of hydrogen-bond donors (Lipinski definition) is 2. The monoisotopic (exact) mass is 480 g/mol. The number of nitrogens with one attached hydrogen (secondary N) is 1. The van der Waals surface area contributed by atoms with Gasteiger partial charge in [0, 0.05) is 33.8 Å². The van der Waals surface area contributed by atoms with Gasteiger partial charge >= 0.3 is 0 Å². The third kappa shape index (κ3) is 3.31. The van der Waals surface area contributed by atoms with Crippen molar-refractivity contribution < 1.29 is 0 Å². The van der Waals surface area contributed by atoms with Gasteiger partial charge in [-0.15, -0.1) is 6.42 Å². The number of fused-ring (bicyclic) bond motifs is 4. The Bertz CT molecular complexity index is 1520. The molecule has 3 N–H and O–H groups in total. The summed E-state index contributed by atoms with van der Waals surface area (Å²) in [7, 11) is 0. The van der Waals surface area contributed by atoms with Gasteiger partial charge in [-0.1, -0.05) is 43.3 Å². The molecule has 0 radical (unpaired) electrons. The van der Waals surface area contributed by atoms with Gasteiger partial charge in [0.1, 0.15) is 23.5 Å². The second-order valence-corrected chi connectivity index (χ2v) is 10.5. The highest BCUT2D eigenvalue weighted by Crippen LogP contribution is 2.57. The molecule has 35 heavy (non-hydrogen) atoms. The standard InChI is InChI=1S/C28H28N6S/c1-3-7-22(35)33-27-10-12-28(16-27,13-11-27)34-21(4-2)23(24-25(29)31-17-32-26(24)34)19-14-18-8-5-6-9-20(18)30-15-19/h2,5-6,8-9,14-15,17H,3,7,10-13,16H2,1H3,(H,33,35)(H2,29,31,32). The van der Waals surface area contributed by atoms with Crippen LogP contribution in [0.15, 0.2) is 42.9 Å². The maximum absolute atomic E-state index is 6.48. The molecule has 6 nitrogen and oxygen atoms in total. The molecule has 0 atom stereocenters. The number of hydrogen-bond acceptors (Lipinski definition) is 5. The van der Waals surface area contributed by atoms with E-state index in [2.05, 4.69) is 39.8 Å². The molecule has 2 aliphatic carbocycles. The second-order valence-electron chi connectivity index (χ2n) is 10.1. The summed E-state index contributed by atoms with van der Waals surface area (Å²) in [6.07, 6.45) is 16.8. The molecule has 0 aliphatic heterocycles. The van der Waals surface area contributed by atoms with Gasteiger partial charge in [0.15, 0.2) is 0 Å². The molecule has 2 saturated carbocycles. The van der Waals surface area contributed by atoms with E-state index in [0.717, 1.165) is 88.7 Å². The van der Waals surface area contributed by atoms with Crippen molar-refractivity contribution in [1.82, 2.24) is 24.8 Å². The summed E-state index contributed by atoms with van der Waals surface area (Å²) >= 11 is 5.65. The van der Waals surface area contributed by atoms with Crippen LogP contribution in [-0.4, -0.2) is 30.0 Å². The predicted octanol–water partition coefficient (Wildman–Crippen LogP) is 5.34. The average Bonchev–Trinajstić information content (AvgIpc) is 3.52. The summed E-state index contributed by atoms with van der Waals surface area (Å²) < 4.78 is 2.30. The van der Waals surface area contributed by atoms with Gasteiger partial charge in [0.25, 0.3) is 0 Å². The maximum Gasteiger partial charge on any atom is 0.147 e. The molecule has 3 aromatic heterocycles. The minimum absolute atomic E-state index is 0.0258. The Morgan fingerprint density at radius 3 is 2.77 bits per heavy atom. The lowest BCUT2D eigenvalue weighted by molar-refractivity contribution is 0.294. The van der Waals surface area contributed by atoms with E-state index in [1.165, 1.54) is 0 Å². The molecular weight excluding hydrogens is 452 g/mol. The van der Waals surface area contributed by atoms with Crippen molar-refractivity contribution in [3.8, 4) is 23.5 Å². The van der Waals surface area contributed by atoms with E-state index in [1.807, 2.05) is 24.4 Å². The van der Waals surface area contributed by atoms with E-state index in [0.29, 0.717) is 5.82 Å². The van der Waals surface area contributed by atoms with Crippen molar-refractivity contribution >= 4 is 45.0 Å². The molecule has 6 rings (SSSR count). The van der Waals surface area contributed by atoms with Gasteiger partial charge in [-0.3, -0.25) is 4.98 Å². The van der Waals surface area contributed by atoms with Crippen LogP contribution in [0.5, 0.6) is 0 Å². The molecule has 1 aromatic carbocycles. The summed E-state index contributed by atoms with van der Waals surface area (Å²) in [4.78, 5) is 14.7. The molecule has 0 saturated heterocycles. The number of thiocarbonyl (C=S) groups is 1. The summed E-state index contributed by atoms with van der Waals surface area (Å²) in [5.74, 6) is 3.46. The number of aromatic nitrogens is 4. The van der Waals surface area contributed by atoms with Crippen LogP contribution < -0.4 is 11.1 Å². The van der Waals surface area contributed by atoms with Gasteiger partial charge in [0.05, 0.1) is 15.9 Å². The van der Waals surface area contributed by atoms with Gasteiger partial charge in [-0.2, -0.15) is 0 Å². The molecule has 0 spiro atoms. The molecule has 0 unspecified atom stereocenters. The number of anilines is 1. The summed E-state index contributed by atoms with van der Waals surface area (Å²) in [5, 5.41) is 5.60. The first-order chi connectivity index (χ1) is 17.0. The van der Waals surface area contributed by atoms with Crippen molar-refractivity contribution in [3.63, 3.8) is 0 Å². The highest BCUT2D eigenvalue weighted by atomic mass is 32.1. The Morgan fingerprint density at radius 1 is 1.20 bits per heavy atom. The first-order valence-electron chi connectivity index (χ1n) is 12.3. The highest BCUT2D eigenvalue weighted by molar-refractivity contribution is 7.80. The second kappa shape index (κ2) is 8.03. The van der Waals surface area contributed by atoms with Crippen molar-refractivity contribution in [1.29, 1.82) is 0 Å². The minimum Gasteiger partial charge on any atom is -0.383 e. The molecule has 176 valence electrons. The minimum atomic E-state index is -0.127. The van der Waals surface area contributed by atoms with Crippen molar-refractivity contribution in [2.45, 2.75) is 62.9 Å². The van der Waals surface area contributed by atoms with E-state index in [9.17, 15) is 0 Å². The third-order valence-electron chi connectivity index (χ3n) is 7.96. The number of rotatable bonds is 5. The van der Waals surface area contributed by atoms with Crippen LogP contribution in [0.4, 0.5) is 5.82 Å². The van der Waals surface area contributed by atoms with Crippen LogP contribution in [0.1, 0.15) is 57.6 Å². The Labute approximate surface area is 210 Å². The number of para-hydroxylation sites is 1. The SMILES string of the molecule is C#Cc1c(-c2cnc3ccccc3c2)c2c(N)ncnc2n1C12CCC(NC(=S)CCC)(CC1)C2. The largest absolute Gasteiger partial charge is 0.383 e. The fourth-order valence-electron chi connectivity index (χ4n) is 6.46. The molecular formula is C28H28N6S. The van der Waals surface area contributed by atoms with Gasteiger partial charge in [-0.25, -0.2) is 9.97 Å². The first-order valence-corrected chi connectivity index (χ1v) is 12.7. The zero-order valence-electron chi connectivity index (χ0n) is 19.8. The summed E-state index contributed by atoms with van der Waals surface area (Å²) in [5.41, 5.74) is 10.8. The van der Waals surface area contributed by atoms with Crippen molar-refractivity contribution in [2.24, 2.45) is 0 Å². The van der Waals surface area contributed by atoms with Crippen LogP contribution in [0.3, 0.4) is 0 Å². The molecule has 7 heteroatoms. The smallest absolute Gasteiger partial charge is 0.147 e. The lowest BCUT2D eigenvalue weighted by Crippen LogP contribution is -2.44. The van der Waals surface area contributed by atoms with Gasteiger partial charge < -0.3 is 15.6 Å². The quantitative estimate of drug-likeness (QED) is 0.296. The predicted molar refractivity (Wildman–Crippen MR) is 145 cm³/mol. The summed E-state index contributed by atoms with van der Waals surface area (Å²) in [6.45, 7) is 2.16. The molecule has 2 fully saturated rings. The van der Waals surface area contributed by atoms with E-state index in [-0.39, 0.29) is 11.1 Å². The molecule has 2 bridgehead atoms.